The number of nitrogens with zero attached hydrogens (tertiary/aromatic N) is 1. The molecule has 2 N–H and O–H groups in total. The quantitative estimate of drug-likeness (QED) is 0.732. The van der Waals surface area contributed by atoms with Gasteiger partial charge in [0, 0.05) is 24.4 Å². The molecule has 0 atom stereocenters. The van der Waals surface area contributed by atoms with Gasteiger partial charge in [0.15, 0.2) is 0 Å². The molecule has 1 fully saturated rings. The SMILES string of the molecule is CC(=O)Nc1ccc(C2=C(SCCO)C(=O)N(C3CCCCC3)C2=O)cc1. The van der Waals surface area contributed by atoms with Gasteiger partial charge in [-0.05, 0) is 30.5 Å². The summed E-state index contributed by atoms with van der Waals surface area (Å²) in [5, 5.41) is 11.9. The molecule has 0 saturated heterocycles. The molecule has 3 rings (SSSR count). The van der Waals surface area contributed by atoms with E-state index in [1.165, 1.54) is 23.6 Å². The van der Waals surface area contributed by atoms with Crippen LogP contribution in [-0.4, -0.2) is 46.1 Å². The second kappa shape index (κ2) is 8.71. The van der Waals surface area contributed by atoms with Gasteiger partial charge in [-0.15, -0.1) is 11.8 Å². The van der Waals surface area contributed by atoms with Gasteiger partial charge in [-0.1, -0.05) is 31.4 Å². The van der Waals surface area contributed by atoms with Crippen LogP contribution in [0.2, 0.25) is 0 Å². The van der Waals surface area contributed by atoms with E-state index in [-0.39, 0.29) is 30.4 Å². The normalized spacial score (nSPS) is 18.4. The number of nitrogens with one attached hydrogen (secondary N) is 1. The maximum absolute atomic E-state index is 13.2. The minimum Gasteiger partial charge on any atom is -0.396 e. The molecule has 2 aliphatic rings. The Hall–Kier alpha value is -2.12. The Bertz CT molecular complexity index is 767. The summed E-state index contributed by atoms with van der Waals surface area (Å²) < 4.78 is 0. The van der Waals surface area contributed by atoms with Crippen LogP contribution in [0.5, 0.6) is 0 Å². The zero-order chi connectivity index (χ0) is 19.4. The van der Waals surface area contributed by atoms with Gasteiger partial charge in [0.1, 0.15) is 0 Å². The predicted molar refractivity (Wildman–Crippen MR) is 106 cm³/mol. The number of thioether (sulfide) groups is 1. The third-order valence-electron chi connectivity index (χ3n) is 4.84. The van der Waals surface area contributed by atoms with E-state index in [1.54, 1.807) is 24.3 Å². The molecule has 3 amide bonds. The van der Waals surface area contributed by atoms with E-state index in [0.717, 1.165) is 32.1 Å². The molecule has 0 spiro atoms. The number of imide groups is 1. The average molecular weight is 388 g/mol. The number of aliphatic hydroxyl groups is 1. The Morgan fingerprint density at radius 2 is 1.81 bits per heavy atom. The lowest BCUT2D eigenvalue weighted by atomic mass is 9.94. The summed E-state index contributed by atoms with van der Waals surface area (Å²) in [7, 11) is 0. The second-order valence-electron chi connectivity index (χ2n) is 6.81. The van der Waals surface area contributed by atoms with Crippen LogP contribution >= 0.6 is 11.8 Å². The lowest BCUT2D eigenvalue weighted by Gasteiger charge is -2.29. The number of hydrogen-bond acceptors (Lipinski definition) is 5. The minimum atomic E-state index is -0.250. The molecule has 1 aromatic rings. The van der Waals surface area contributed by atoms with Crippen LogP contribution in [0.15, 0.2) is 29.2 Å². The Balaban J connectivity index is 1.92. The molecule has 7 heteroatoms. The van der Waals surface area contributed by atoms with E-state index < -0.39 is 0 Å². The molecule has 1 aliphatic heterocycles. The van der Waals surface area contributed by atoms with Gasteiger partial charge in [-0.25, -0.2) is 0 Å². The van der Waals surface area contributed by atoms with Crippen molar-refractivity contribution < 1.29 is 19.5 Å². The van der Waals surface area contributed by atoms with Crippen LogP contribution in [0.4, 0.5) is 5.69 Å². The van der Waals surface area contributed by atoms with Crippen molar-refractivity contribution in [1.29, 1.82) is 0 Å². The molecule has 0 unspecified atom stereocenters. The average Bonchev–Trinajstić information content (AvgIpc) is 2.91. The summed E-state index contributed by atoms with van der Waals surface area (Å²) in [6.45, 7) is 1.37. The van der Waals surface area contributed by atoms with Gasteiger partial charge in [0.05, 0.1) is 17.1 Å². The zero-order valence-corrected chi connectivity index (χ0v) is 16.2. The first kappa shape index (κ1) is 19.6. The van der Waals surface area contributed by atoms with Crippen LogP contribution in [0.1, 0.15) is 44.6 Å². The van der Waals surface area contributed by atoms with Crippen molar-refractivity contribution in [3.05, 3.63) is 34.7 Å². The maximum Gasteiger partial charge on any atom is 0.268 e. The second-order valence-corrected chi connectivity index (χ2v) is 7.91. The number of benzene rings is 1. The van der Waals surface area contributed by atoms with Gasteiger partial charge >= 0.3 is 0 Å². The van der Waals surface area contributed by atoms with E-state index in [2.05, 4.69) is 5.32 Å². The molecule has 1 aromatic carbocycles. The smallest absolute Gasteiger partial charge is 0.268 e. The molecule has 1 heterocycles. The summed E-state index contributed by atoms with van der Waals surface area (Å²) >= 11 is 1.23. The van der Waals surface area contributed by atoms with Crippen LogP contribution in [0.3, 0.4) is 0 Å². The largest absolute Gasteiger partial charge is 0.396 e. The van der Waals surface area contributed by atoms with Crippen LogP contribution in [0.25, 0.3) is 5.57 Å². The summed E-state index contributed by atoms with van der Waals surface area (Å²) in [6.07, 6.45) is 4.90. The lowest BCUT2D eigenvalue weighted by molar-refractivity contribution is -0.140. The molecule has 6 nitrogen and oxygen atoms in total. The third kappa shape index (κ3) is 4.25. The number of hydrogen-bond donors (Lipinski definition) is 2. The molecule has 1 aliphatic carbocycles. The maximum atomic E-state index is 13.2. The Labute approximate surface area is 163 Å². The number of amides is 3. The van der Waals surface area contributed by atoms with Gasteiger partial charge in [-0.2, -0.15) is 0 Å². The first-order chi connectivity index (χ1) is 13.0. The lowest BCUT2D eigenvalue weighted by Crippen LogP contribution is -2.42. The van der Waals surface area contributed by atoms with E-state index in [0.29, 0.717) is 27.5 Å². The summed E-state index contributed by atoms with van der Waals surface area (Å²) in [5.74, 6) is -0.303. The highest BCUT2D eigenvalue weighted by Gasteiger charge is 2.42. The molecule has 27 heavy (non-hydrogen) atoms. The highest BCUT2D eigenvalue weighted by molar-refractivity contribution is 8.04. The first-order valence-corrected chi connectivity index (χ1v) is 10.3. The van der Waals surface area contributed by atoms with Crippen LogP contribution in [0, 0.1) is 0 Å². The zero-order valence-electron chi connectivity index (χ0n) is 15.4. The van der Waals surface area contributed by atoms with E-state index in [9.17, 15) is 19.5 Å². The van der Waals surface area contributed by atoms with Gasteiger partial charge in [0.25, 0.3) is 11.8 Å². The Morgan fingerprint density at radius 1 is 1.15 bits per heavy atom. The minimum absolute atomic E-state index is 0.0420. The Morgan fingerprint density at radius 3 is 2.41 bits per heavy atom. The summed E-state index contributed by atoms with van der Waals surface area (Å²) in [4.78, 5) is 39.2. The van der Waals surface area contributed by atoms with Gasteiger partial charge < -0.3 is 10.4 Å². The fraction of sp³-hybridized carbons (Fsp3) is 0.450. The van der Waals surface area contributed by atoms with Gasteiger partial charge in [-0.3, -0.25) is 19.3 Å². The third-order valence-corrected chi connectivity index (χ3v) is 5.90. The first-order valence-electron chi connectivity index (χ1n) is 9.26. The number of rotatable bonds is 6. The molecule has 0 bridgehead atoms. The highest BCUT2D eigenvalue weighted by atomic mass is 32.2. The number of carbonyl (C=O) groups is 3. The number of aliphatic hydroxyl groups excluding tert-OH is 1. The van der Waals surface area contributed by atoms with E-state index >= 15 is 0 Å². The van der Waals surface area contributed by atoms with Crippen molar-refractivity contribution in [1.82, 2.24) is 4.90 Å². The van der Waals surface area contributed by atoms with Crippen molar-refractivity contribution in [3.8, 4) is 0 Å². The van der Waals surface area contributed by atoms with E-state index in [4.69, 9.17) is 0 Å². The topological polar surface area (TPSA) is 86.7 Å². The van der Waals surface area contributed by atoms with Gasteiger partial charge in [0.2, 0.25) is 5.91 Å². The van der Waals surface area contributed by atoms with Crippen LogP contribution < -0.4 is 5.32 Å². The molecule has 0 aromatic heterocycles. The summed E-state index contributed by atoms with van der Waals surface area (Å²) in [6, 6.07) is 6.89. The summed E-state index contributed by atoms with van der Waals surface area (Å²) in [5.41, 5.74) is 1.69. The van der Waals surface area contributed by atoms with Crippen molar-refractivity contribution >= 4 is 40.7 Å². The highest BCUT2D eigenvalue weighted by Crippen LogP contribution is 2.39. The molecular weight excluding hydrogens is 364 g/mol. The molecule has 0 radical (unpaired) electrons. The van der Waals surface area contributed by atoms with Crippen molar-refractivity contribution in [2.24, 2.45) is 0 Å². The van der Waals surface area contributed by atoms with Crippen molar-refractivity contribution in [2.45, 2.75) is 45.1 Å². The fourth-order valence-corrected chi connectivity index (χ4v) is 4.52. The molecule has 1 saturated carbocycles. The monoisotopic (exact) mass is 388 g/mol. The van der Waals surface area contributed by atoms with E-state index in [1.807, 2.05) is 0 Å². The number of anilines is 1. The van der Waals surface area contributed by atoms with Crippen molar-refractivity contribution in [2.75, 3.05) is 17.7 Å². The predicted octanol–water partition coefficient (Wildman–Crippen LogP) is 2.78. The standard InChI is InChI=1S/C20H24N2O4S/c1-13(24)21-15-9-7-14(8-10-15)17-18(27-12-11-23)20(26)22(19(17)25)16-5-3-2-4-6-16/h7-10,16,23H,2-6,11-12H2,1H3,(H,21,24). The Kier molecular flexibility index (Phi) is 6.34. The van der Waals surface area contributed by atoms with Crippen molar-refractivity contribution in [3.63, 3.8) is 0 Å². The number of carbonyl (C=O) groups excluding carboxylic acids is 3. The van der Waals surface area contributed by atoms with Crippen LogP contribution in [-0.2, 0) is 14.4 Å². The molecule has 144 valence electrons. The fourth-order valence-electron chi connectivity index (χ4n) is 3.66. The molecular formula is C20H24N2O4S.